The Kier molecular flexibility index (Phi) is 3.08. The molecule has 2 N–H and O–H groups in total. The molecule has 2 aliphatic carbocycles. The summed E-state index contributed by atoms with van der Waals surface area (Å²) in [6, 6.07) is 0.372. The van der Waals surface area contributed by atoms with E-state index >= 15 is 0 Å². The van der Waals surface area contributed by atoms with Gasteiger partial charge in [-0.25, -0.2) is 0 Å². The van der Waals surface area contributed by atoms with Gasteiger partial charge in [0.05, 0.1) is 0 Å². The standard InChI is InChI=1S/C14H22ClN5/c1-13(2)8-5-6-14(3,7-8)9(13)17-12-19-10(15)18-11(16-4)20-12/h8-9H,5-7H2,1-4H3,(H2,16,17,18,19,20). The molecule has 0 radical (unpaired) electrons. The van der Waals surface area contributed by atoms with Crippen molar-refractivity contribution < 1.29 is 0 Å². The Morgan fingerprint density at radius 3 is 2.45 bits per heavy atom. The maximum Gasteiger partial charge on any atom is 0.229 e. The van der Waals surface area contributed by atoms with Gasteiger partial charge in [-0.2, -0.15) is 15.0 Å². The van der Waals surface area contributed by atoms with E-state index < -0.39 is 0 Å². The Labute approximate surface area is 124 Å². The summed E-state index contributed by atoms with van der Waals surface area (Å²) >= 11 is 5.96. The number of halogens is 1. The second-order valence-electron chi connectivity index (χ2n) is 6.99. The summed E-state index contributed by atoms with van der Waals surface area (Å²) in [5, 5.41) is 6.66. The highest BCUT2D eigenvalue weighted by molar-refractivity contribution is 6.28. The fraction of sp³-hybridized carbons (Fsp3) is 0.786. The van der Waals surface area contributed by atoms with E-state index in [0.717, 1.165) is 5.92 Å². The molecule has 20 heavy (non-hydrogen) atoms. The van der Waals surface area contributed by atoms with Crippen LogP contribution in [0.4, 0.5) is 11.9 Å². The molecule has 0 amide bonds. The fourth-order valence-corrected chi connectivity index (χ4v) is 4.48. The van der Waals surface area contributed by atoms with Gasteiger partial charge in [-0.3, -0.25) is 0 Å². The Morgan fingerprint density at radius 1 is 1.15 bits per heavy atom. The van der Waals surface area contributed by atoms with Crippen molar-refractivity contribution in [2.75, 3.05) is 17.7 Å². The van der Waals surface area contributed by atoms with E-state index in [4.69, 9.17) is 11.6 Å². The zero-order valence-corrected chi connectivity index (χ0v) is 13.3. The van der Waals surface area contributed by atoms with Crippen LogP contribution in [0, 0.1) is 16.7 Å². The smallest absolute Gasteiger partial charge is 0.229 e. The third-order valence-electron chi connectivity index (χ3n) is 5.37. The van der Waals surface area contributed by atoms with Crippen LogP contribution < -0.4 is 10.6 Å². The van der Waals surface area contributed by atoms with E-state index in [1.165, 1.54) is 19.3 Å². The SMILES string of the molecule is CNc1nc(Cl)nc(NC2C3(C)CCC(C3)C2(C)C)n1. The average Bonchev–Trinajstić information content (AvgIpc) is 2.85. The van der Waals surface area contributed by atoms with Gasteiger partial charge in [-0.05, 0) is 47.6 Å². The second kappa shape index (κ2) is 4.45. The van der Waals surface area contributed by atoms with Crippen molar-refractivity contribution in [1.82, 2.24) is 15.0 Å². The van der Waals surface area contributed by atoms with Gasteiger partial charge in [0.15, 0.2) is 0 Å². The third-order valence-corrected chi connectivity index (χ3v) is 5.54. The molecule has 0 aliphatic heterocycles. The van der Waals surface area contributed by atoms with Crippen LogP contribution in [0.25, 0.3) is 0 Å². The van der Waals surface area contributed by atoms with Gasteiger partial charge in [0, 0.05) is 13.1 Å². The lowest BCUT2D eigenvalue weighted by molar-refractivity contribution is 0.155. The summed E-state index contributed by atoms with van der Waals surface area (Å²) in [4.78, 5) is 12.6. The van der Waals surface area contributed by atoms with Gasteiger partial charge in [0.1, 0.15) is 0 Å². The van der Waals surface area contributed by atoms with Gasteiger partial charge in [-0.15, -0.1) is 0 Å². The number of anilines is 2. The van der Waals surface area contributed by atoms with Crippen molar-refractivity contribution >= 4 is 23.5 Å². The Morgan fingerprint density at radius 2 is 1.85 bits per heavy atom. The molecule has 1 aromatic rings. The minimum Gasteiger partial charge on any atom is -0.357 e. The van der Waals surface area contributed by atoms with Gasteiger partial charge in [0.25, 0.3) is 0 Å². The van der Waals surface area contributed by atoms with Gasteiger partial charge in [0.2, 0.25) is 17.2 Å². The Bertz CT molecular complexity index is 528. The van der Waals surface area contributed by atoms with E-state index in [1.807, 2.05) is 0 Å². The molecular formula is C14H22ClN5. The quantitative estimate of drug-likeness (QED) is 0.896. The Balaban J connectivity index is 1.89. The normalized spacial score (nSPS) is 34.2. The molecule has 3 rings (SSSR count). The number of hydrogen-bond acceptors (Lipinski definition) is 5. The van der Waals surface area contributed by atoms with E-state index in [-0.39, 0.29) is 10.7 Å². The van der Waals surface area contributed by atoms with Crippen LogP contribution >= 0.6 is 11.6 Å². The number of hydrogen-bond donors (Lipinski definition) is 2. The molecular weight excluding hydrogens is 274 g/mol. The van der Waals surface area contributed by atoms with Gasteiger partial charge in [-0.1, -0.05) is 20.8 Å². The van der Waals surface area contributed by atoms with Crippen LogP contribution in [-0.4, -0.2) is 28.0 Å². The van der Waals surface area contributed by atoms with E-state index in [9.17, 15) is 0 Å². The first-order valence-electron chi connectivity index (χ1n) is 7.21. The van der Waals surface area contributed by atoms with Gasteiger partial charge < -0.3 is 10.6 Å². The molecule has 0 saturated heterocycles. The van der Waals surface area contributed by atoms with E-state index in [0.29, 0.717) is 23.4 Å². The number of rotatable bonds is 3. The molecule has 6 heteroatoms. The third kappa shape index (κ3) is 2.03. The molecule has 0 spiro atoms. The fourth-order valence-electron chi connectivity index (χ4n) is 4.32. The van der Waals surface area contributed by atoms with Crippen molar-refractivity contribution in [2.24, 2.45) is 16.7 Å². The predicted molar refractivity (Wildman–Crippen MR) is 81.0 cm³/mol. The molecule has 2 saturated carbocycles. The molecule has 0 aromatic carbocycles. The summed E-state index contributed by atoms with van der Waals surface area (Å²) in [6.07, 6.45) is 3.90. The summed E-state index contributed by atoms with van der Waals surface area (Å²) in [5.41, 5.74) is 0.582. The lowest BCUT2D eigenvalue weighted by atomic mass is 9.68. The molecule has 2 aliphatic rings. The van der Waals surface area contributed by atoms with Crippen molar-refractivity contribution in [1.29, 1.82) is 0 Å². The molecule has 3 unspecified atom stereocenters. The molecule has 2 bridgehead atoms. The zero-order chi connectivity index (χ0) is 14.5. The van der Waals surface area contributed by atoms with Crippen molar-refractivity contribution in [3.8, 4) is 0 Å². The zero-order valence-electron chi connectivity index (χ0n) is 12.5. The molecule has 3 atom stereocenters. The molecule has 5 nitrogen and oxygen atoms in total. The van der Waals surface area contributed by atoms with Crippen molar-refractivity contribution in [2.45, 2.75) is 46.1 Å². The van der Waals surface area contributed by atoms with E-state index in [2.05, 4.69) is 46.4 Å². The van der Waals surface area contributed by atoms with Crippen LogP contribution in [0.5, 0.6) is 0 Å². The average molecular weight is 296 g/mol. The predicted octanol–water partition coefficient (Wildman–Crippen LogP) is 3.19. The molecule has 1 heterocycles. The van der Waals surface area contributed by atoms with Crippen LogP contribution in [0.1, 0.15) is 40.0 Å². The highest BCUT2D eigenvalue weighted by Gasteiger charge is 2.59. The molecule has 1 aromatic heterocycles. The monoisotopic (exact) mass is 295 g/mol. The number of aromatic nitrogens is 3. The van der Waals surface area contributed by atoms with Crippen molar-refractivity contribution in [3.63, 3.8) is 0 Å². The topological polar surface area (TPSA) is 62.7 Å². The number of nitrogens with one attached hydrogen (secondary N) is 2. The first-order valence-corrected chi connectivity index (χ1v) is 7.59. The van der Waals surface area contributed by atoms with Gasteiger partial charge >= 0.3 is 0 Å². The Hall–Kier alpha value is -1.10. The number of fused-ring (bicyclic) bond motifs is 2. The largest absolute Gasteiger partial charge is 0.357 e. The summed E-state index contributed by atoms with van der Waals surface area (Å²) in [6.45, 7) is 7.07. The van der Waals surface area contributed by atoms with E-state index in [1.54, 1.807) is 7.05 Å². The molecule has 2 fully saturated rings. The maximum absolute atomic E-state index is 5.96. The highest BCUT2D eigenvalue weighted by atomic mass is 35.5. The lowest BCUT2D eigenvalue weighted by Crippen LogP contribution is -2.46. The van der Waals surface area contributed by atoms with Crippen LogP contribution in [0.3, 0.4) is 0 Å². The highest BCUT2D eigenvalue weighted by Crippen LogP contribution is 2.62. The first-order chi connectivity index (χ1) is 9.35. The lowest BCUT2D eigenvalue weighted by Gasteiger charge is -2.43. The molecule has 110 valence electrons. The van der Waals surface area contributed by atoms with Crippen LogP contribution in [-0.2, 0) is 0 Å². The number of nitrogens with zero attached hydrogens (tertiary/aromatic N) is 3. The maximum atomic E-state index is 5.96. The first kappa shape index (κ1) is 13.9. The van der Waals surface area contributed by atoms with Crippen LogP contribution in [0.2, 0.25) is 5.28 Å². The van der Waals surface area contributed by atoms with Crippen LogP contribution in [0.15, 0.2) is 0 Å². The minimum absolute atomic E-state index is 0.220. The summed E-state index contributed by atoms with van der Waals surface area (Å²) < 4.78 is 0. The minimum atomic E-state index is 0.220. The summed E-state index contributed by atoms with van der Waals surface area (Å²) in [5.74, 6) is 1.85. The summed E-state index contributed by atoms with van der Waals surface area (Å²) in [7, 11) is 1.78. The van der Waals surface area contributed by atoms with Crippen molar-refractivity contribution in [3.05, 3.63) is 5.28 Å². The second-order valence-corrected chi connectivity index (χ2v) is 7.33.